The van der Waals surface area contributed by atoms with E-state index in [0.717, 1.165) is 34.7 Å². The van der Waals surface area contributed by atoms with Gasteiger partial charge in [0.1, 0.15) is 0 Å². The average molecular weight is 379 g/mol. The lowest BCUT2D eigenvalue weighted by Crippen LogP contribution is -2.11. The lowest BCUT2D eigenvalue weighted by Gasteiger charge is -2.17. The molecule has 6 nitrogen and oxygen atoms in total. The van der Waals surface area contributed by atoms with Crippen LogP contribution in [0.2, 0.25) is 0 Å². The maximum atomic E-state index is 11.5. The summed E-state index contributed by atoms with van der Waals surface area (Å²) < 4.78 is 2.25. The molecule has 0 radical (unpaired) electrons. The number of aromatic nitrogens is 4. The highest BCUT2D eigenvalue weighted by Gasteiger charge is 2.32. The Morgan fingerprint density at radius 3 is 2.89 bits per heavy atom. The second-order valence-electron chi connectivity index (χ2n) is 7.28. The van der Waals surface area contributed by atoms with Crippen LogP contribution in [-0.4, -0.2) is 25.7 Å². The first-order chi connectivity index (χ1) is 13.2. The standard InChI is InChI=1S/C20H21N5OS/c1-12(26)22-20-23-16-9-8-15-17(13-5-4-10-21-11-13)24-25(14-6-2-3-7-14)18(15)19(16)27-20/h4-5,10-11,14H,2-3,6-9H2,1H3,(H,22,23,26). The van der Waals surface area contributed by atoms with Crippen molar-refractivity contribution in [3.8, 4) is 21.8 Å². The third kappa shape index (κ3) is 2.86. The van der Waals surface area contributed by atoms with Gasteiger partial charge in [0.15, 0.2) is 5.13 Å². The van der Waals surface area contributed by atoms with Gasteiger partial charge in [-0.05, 0) is 37.8 Å². The summed E-state index contributed by atoms with van der Waals surface area (Å²) in [6.07, 6.45) is 10.4. The van der Waals surface area contributed by atoms with E-state index in [-0.39, 0.29) is 5.91 Å². The molecule has 0 aliphatic heterocycles. The molecule has 3 aromatic heterocycles. The molecule has 0 aromatic carbocycles. The van der Waals surface area contributed by atoms with Gasteiger partial charge in [-0.3, -0.25) is 14.5 Å². The lowest BCUT2D eigenvalue weighted by atomic mass is 9.95. The quantitative estimate of drug-likeness (QED) is 0.739. The molecule has 3 heterocycles. The third-order valence-corrected chi connectivity index (χ3v) is 6.44. The monoisotopic (exact) mass is 379 g/mol. The van der Waals surface area contributed by atoms with Crippen LogP contribution in [0.25, 0.3) is 21.8 Å². The van der Waals surface area contributed by atoms with E-state index >= 15 is 0 Å². The van der Waals surface area contributed by atoms with Crippen LogP contribution in [0.4, 0.5) is 5.13 Å². The molecule has 0 unspecified atom stereocenters. The van der Waals surface area contributed by atoms with Crippen LogP contribution >= 0.6 is 11.3 Å². The van der Waals surface area contributed by atoms with Crippen LogP contribution in [0.15, 0.2) is 24.5 Å². The zero-order chi connectivity index (χ0) is 18.4. The van der Waals surface area contributed by atoms with E-state index in [2.05, 4.69) is 26.0 Å². The molecule has 2 aliphatic rings. The van der Waals surface area contributed by atoms with Crippen LogP contribution in [0.5, 0.6) is 0 Å². The fourth-order valence-corrected chi connectivity index (χ4v) is 5.37. The van der Waals surface area contributed by atoms with E-state index in [0.29, 0.717) is 11.2 Å². The van der Waals surface area contributed by atoms with Gasteiger partial charge in [0, 0.05) is 30.4 Å². The number of nitrogens with one attached hydrogen (secondary N) is 1. The molecular weight excluding hydrogens is 358 g/mol. The van der Waals surface area contributed by atoms with Crippen molar-refractivity contribution in [1.29, 1.82) is 0 Å². The van der Waals surface area contributed by atoms with Crippen molar-refractivity contribution < 1.29 is 4.79 Å². The fourth-order valence-electron chi connectivity index (χ4n) is 4.25. The van der Waals surface area contributed by atoms with Crippen molar-refractivity contribution >= 4 is 22.4 Å². The molecule has 1 fully saturated rings. The predicted molar refractivity (Wildman–Crippen MR) is 106 cm³/mol. The van der Waals surface area contributed by atoms with Gasteiger partial charge in [0.25, 0.3) is 0 Å². The number of carbonyl (C=O) groups is 1. The molecular formula is C20H21N5OS. The molecule has 1 N–H and O–H groups in total. The maximum absolute atomic E-state index is 11.5. The Morgan fingerprint density at radius 2 is 2.15 bits per heavy atom. The molecule has 138 valence electrons. The maximum Gasteiger partial charge on any atom is 0.223 e. The zero-order valence-corrected chi connectivity index (χ0v) is 16.1. The van der Waals surface area contributed by atoms with Crippen molar-refractivity contribution in [2.75, 3.05) is 5.32 Å². The summed E-state index contributed by atoms with van der Waals surface area (Å²) in [5, 5.41) is 8.61. The first-order valence-electron chi connectivity index (χ1n) is 9.50. The minimum atomic E-state index is -0.0818. The Morgan fingerprint density at radius 1 is 1.30 bits per heavy atom. The normalized spacial score (nSPS) is 16.2. The van der Waals surface area contributed by atoms with Gasteiger partial charge >= 0.3 is 0 Å². The summed E-state index contributed by atoms with van der Waals surface area (Å²) in [5.41, 5.74) is 5.69. The molecule has 0 atom stereocenters. The highest BCUT2D eigenvalue weighted by Crippen LogP contribution is 2.45. The second-order valence-corrected chi connectivity index (χ2v) is 8.28. The number of aryl methyl sites for hydroxylation is 1. The number of hydrogen-bond acceptors (Lipinski definition) is 5. The van der Waals surface area contributed by atoms with Gasteiger partial charge < -0.3 is 5.32 Å². The molecule has 7 heteroatoms. The van der Waals surface area contributed by atoms with Crippen molar-refractivity contribution in [2.24, 2.45) is 0 Å². The summed E-state index contributed by atoms with van der Waals surface area (Å²) in [6.45, 7) is 1.52. The van der Waals surface area contributed by atoms with Crippen molar-refractivity contribution in [3.05, 3.63) is 35.8 Å². The van der Waals surface area contributed by atoms with Crippen LogP contribution in [0.3, 0.4) is 0 Å². The van der Waals surface area contributed by atoms with Gasteiger partial charge in [0.2, 0.25) is 5.91 Å². The molecule has 1 saturated carbocycles. The molecule has 0 bridgehead atoms. The average Bonchev–Trinajstić information content (AvgIpc) is 3.38. The van der Waals surface area contributed by atoms with Crippen LogP contribution < -0.4 is 5.32 Å². The Balaban J connectivity index is 1.68. The minimum Gasteiger partial charge on any atom is -0.302 e. The lowest BCUT2D eigenvalue weighted by molar-refractivity contribution is -0.114. The number of pyridine rings is 1. The van der Waals surface area contributed by atoms with Gasteiger partial charge in [-0.1, -0.05) is 24.2 Å². The molecule has 5 rings (SSSR count). The van der Waals surface area contributed by atoms with E-state index in [9.17, 15) is 4.79 Å². The zero-order valence-electron chi connectivity index (χ0n) is 15.2. The van der Waals surface area contributed by atoms with Crippen molar-refractivity contribution in [3.63, 3.8) is 0 Å². The number of fused-ring (bicyclic) bond motifs is 3. The molecule has 2 aliphatic carbocycles. The topological polar surface area (TPSA) is 72.7 Å². The Hall–Kier alpha value is -2.54. The largest absolute Gasteiger partial charge is 0.302 e. The van der Waals surface area contributed by atoms with Gasteiger partial charge in [-0.15, -0.1) is 0 Å². The van der Waals surface area contributed by atoms with Crippen molar-refractivity contribution in [2.45, 2.75) is 51.5 Å². The van der Waals surface area contributed by atoms with Crippen LogP contribution in [0.1, 0.15) is 49.9 Å². The SMILES string of the molecule is CC(=O)Nc1nc2c(s1)-c1c(c(-c3cccnc3)nn1C1CCCC1)CC2. The molecule has 27 heavy (non-hydrogen) atoms. The number of hydrogen-bond donors (Lipinski definition) is 1. The number of thiazole rings is 1. The first-order valence-corrected chi connectivity index (χ1v) is 10.3. The van der Waals surface area contributed by atoms with E-state index < -0.39 is 0 Å². The molecule has 3 aromatic rings. The number of anilines is 1. The van der Waals surface area contributed by atoms with Gasteiger partial charge in [0.05, 0.1) is 28.0 Å². The highest BCUT2D eigenvalue weighted by molar-refractivity contribution is 7.19. The summed E-state index contributed by atoms with van der Waals surface area (Å²) in [5.74, 6) is -0.0818. The minimum absolute atomic E-state index is 0.0818. The van der Waals surface area contributed by atoms with Crippen LogP contribution in [-0.2, 0) is 17.6 Å². The number of amides is 1. The van der Waals surface area contributed by atoms with E-state index in [4.69, 9.17) is 5.10 Å². The number of nitrogens with zero attached hydrogens (tertiary/aromatic N) is 4. The van der Waals surface area contributed by atoms with E-state index in [1.54, 1.807) is 17.5 Å². The summed E-state index contributed by atoms with van der Waals surface area (Å²) in [7, 11) is 0. The Labute approximate surface area is 161 Å². The number of carbonyl (C=O) groups excluding carboxylic acids is 1. The van der Waals surface area contributed by atoms with Crippen molar-refractivity contribution in [1.82, 2.24) is 19.7 Å². The second kappa shape index (κ2) is 6.56. The Kier molecular flexibility index (Phi) is 4.04. The fraction of sp³-hybridized carbons (Fsp3) is 0.400. The van der Waals surface area contributed by atoms with Gasteiger partial charge in [-0.2, -0.15) is 5.10 Å². The summed E-state index contributed by atoms with van der Waals surface area (Å²) >= 11 is 1.57. The van der Waals surface area contributed by atoms with Gasteiger partial charge in [-0.25, -0.2) is 4.98 Å². The van der Waals surface area contributed by atoms with E-state index in [1.165, 1.54) is 43.9 Å². The Bertz CT molecular complexity index is 1000. The summed E-state index contributed by atoms with van der Waals surface area (Å²) in [6, 6.07) is 4.49. The predicted octanol–water partition coefficient (Wildman–Crippen LogP) is 4.24. The summed E-state index contributed by atoms with van der Waals surface area (Å²) in [4.78, 5) is 21.6. The molecule has 0 saturated heterocycles. The third-order valence-electron chi connectivity index (χ3n) is 5.42. The molecule has 0 spiro atoms. The van der Waals surface area contributed by atoms with E-state index in [1.807, 2.05) is 12.3 Å². The highest BCUT2D eigenvalue weighted by atomic mass is 32.1. The van der Waals surface area contributed by atoms with Crippen LogP contribution in [0, 0.1) is 0 Å². The first kappa shape index (κ1) is 16.6. The number of rotatable bonds is 3. The smallest absolute Gasteiger partial charge is 0.223 e. The molecule has 1 amide bonds.